The first kappa shape index (κ1) is 15.8. The summed E-state index contributed by atoms with van der Waals surface area (Å²) in [5.41, 5.74) is 9.69. The molecule has 0 atom stereocenters. The molecule has 0 aromatic heterocycles. The number of hydrazone groups is 1. The number of methoxy groups -OCH3 is 1. The van der Waals surface area contributed by atoms with Gasteiger partial charge in [0.1, 0.15) is 18.1 Å². The number of ether oxygens (including phenoxy) is 2. The Morgan fingerprint density at radius 3 is 2.86 bits per heavy atom. The zero-order chi connectivity index (χ0) is 15.8. The summed E-state index contributed by atoms with van der Waals surface area (Å²) in [4.78, 5) is 0. The fourth-order valence-electron chi connectivity index (χ4n) is 1.81. The van der Waals surface area contributed by atoms with Crippen molar-refractivity contribution < 1.29 is 9.47 Å². The van der Waals surface area contributed by atoms with E-state index in [1.807, 2.05) is 48.5 Å². The molecule has 5 nitrogen and oxygen atoms in total. The van der Waals surface area contributed by atoms with Crippen LogP contribution >= 0.6 is 12.2 Å². The first-order valence-corrected chi connectivity index (χ1v) is 7.03. The highest BCUT2D eigenvalue weighted by molar-refractivity contribution is 7.80. The van der Waals surface area contributed by atoms with Crippen molar-refractivity contribution in [2.45, 2.75) is 6.61 Å². The fraction of sp³-hybridized carbons (Fsp3) is 0.125. The first-order chi connectivity index (χ1) is 10.7. The lowest BCUT2D eigenvalue weighted by atomic mass is 10.2. The predicted molar refractivity (Wildman–Crippen MR) is 91.3 cm³/mol. The number of nitrogens with one attached hydrogen (secondary N) is 1. The molecule has 0 bridgehead atoms. The molecule has 2 aromatic carbocycles. The zero-order valence-corrected chi connectivity index (χ0v) is 13.0. The Hall–Kier alpha value is -2.60. The van der Waals surface area contributed by atoms with E-state index in [9.17, 15) is 0 Å². The van der Waals surface area contributed by atoms with Crippen LogP contribution in [-0.4, -0.2) is 18.4 Å². The van der Waals surface area contributed by atoms with Crippen molar-refractivity contribution >= 4 is 23.5 Å². The summed E-state index contributed by atoms with van der Waals surface area (Å²) in [6, 6.07) is 15.3. The van der Waals surface area contributed by atoms with Gasteiger partial charge in [-0.2, -0.15) is 5.10 Å². The first-order valence-electron chi connectivity index (χ1n) is 6.62. The highest BCUT2D eigenvalue weighted by atomic mass is 32.1. The van der Waals surface area contributed by atoms with E-state index < -0.39 is 0 Å². The van der Waals surface area contributed by atoms with Crippen molar-refractivity contribution in [3.8, 4) is 11.5 Å². The topological polar surface area (TPSA) is 68.9 Å². The van der Waals surface area contributed by atoms with Gasteiger partial charge in [-0.1, -0.05) is 24.3 Å². The third-order valence-corrected chi connectivity index (χ3v) is 2.92. The highest BCUT2D eigenvalue weighted by Crippen LogP contribution is 2.19. The average molecular weight is 315 g/mol. The van der Waals surface area contributed by atoms with Gasteiger partial charge in [-0.05, 0) is 42.0 Å². The van der Waals surface area contributed by atoms with Crippen molar-refractivity contribution in [2.24, 2.45) is 10.8 Å². The lowest BCUT2D eigenvalue weighted by molar-refractivity contribution is 0.305. The Kier molecular flexibility index (Phi) is 5.73. The molecule has 6 heteroatoms. The standard InChI is InChI=1S/C16H17N3O2S/c1-20-14-7-4-5-12(9-14)11-21-15-8-3-2-6-13(15)10-18-19-16(17)22/h2-10H,11H2,1H3,(H3,17,19,22). The average Bonchev–Trinajstić information content (AvgIpc) is 2.54. The van der Waals surface area contributed by atoms with Gasteiger partial charge in [0.2, 0.25) is 0 Å². The van der Waals surface area contributed by atoms with Crippen LogP contribution in [0.2, 0.25) is 0 Å². The Morgan fingerprint density at radius 2 is 2.09 bits per heavy atom. The number of hydrogen-bond acceptors (Lipinski definition) is 4. The van der Waals surface area contributed by atoms with Gasteiger partial charge >= 0.3 is 0 Å². The number of rotatable bonds is 6. The third kappa shape index (κ3) is 4.75. The SMILES string of the molecule is COc1cccc(COc2ccccc2C=NNC(N)=S)c1. The second kappa shape index (κ2) is 7.99. The molecule has 0 aliphatic heterocycles. The monoisotopic (exact) mass is 315 g/mol. The molecule has 22 heavy (non-hydrogen) atoms. The van der Waals surface area contributed by atoms with Crippen LogP contribution in [0.15, 0.2) is 53.6 Å². The molecule has 0 radical (unpaired) electrons. The highest BCUT2D eigenvalue weighted by Gasteiger charge is 2.02. The Morgan fingerprint density at radius 1 is 1.27 bits per heavy atom. The van der Waals surface area contributed by atoms with Gasteiger partial charge in [-0.15, -0.1) is 0 Å². The van der Waals surface area contributed by atoms with Gasteiger partial charge in [0.25, 0.3) is 0 Å². The van der Waals surface area contributed by atoms with Crippen LogP contribution in [0.4, 0.5) is 0 Å². The van der Waals surface area contributed by atoms with Crippen molar-refractivity contribution in [3.63, 3.8) is 0 Å². The normalized spacial score (nSPS) is 10.4. The summed E-state index contributed by atoms with van der Waals surface area (Å²) < 4.78 is 11.0. The molecule has 0 spiro atoms. The number of nitrogens with two attached hydrogens (primary N) is 1. The molecule has 2 rings (SSSR count). The largest absolute Gasteiger partial charge is 0.497 e. The van der Waals surface area contributed by atoms with E-state index in [0.717, 1.165) is 22.6 Å². The molecular weight excluding hydrogens is 298 g/mol. The predicted octanol–water partition coefficient (Wildman–Crippen LogP) is 2.44. The summed E-state index contributed by atoms with van der Waals surface area (Å²) in [6.45, 7) is 0.435. The summed E-state index contributed by atoms with van der Waals surface area (Å²) >= 11 is 4.69. The molecule has 0 unspecified atom stereocenters. The van der Waals surface area contributed by atoms with Gasteiger partial charge < -0.3 is 15.2 Å². The molecule has 0 aliphatic carbocycles. The Balaban J connectivity index is 2.06. The molecule has 114 valence electrons. The number of hydrogen-bond donors (Lipinski definition) is 2. The quantitative estimate of drug-likeness (QED) is 0.487. The summed E-state index contributed by atoms with van der Waals surface area (Å²) in [7, 11) is 1.64. The van der Waals surface area contributed by atoms with Gasteiger partial charge in [0.15, 0.2) is 5.11 Å². The van der Waals surface area contributed by atoms with Gasteiger partial charge in [0.05, 0.1) is 13.3 Å². The lowest BCUT2D eigenvalue weighted by Crippen LogP contribution is -2.24. The lowest BCUT2D eigenvalue weighted by Gasteiger charge is -2.10. The van der Waals surface area contributed by atoms with Crippen molar-refractivity contribution in [2.75, 3.05) is 7.11 Å². The molecule has 0 fully saturated rings. The smallest absolute Gasteiger partial charge is 0.184 e. The third-order valence-electron chi connectivity index (χ3n) is 2.83. The van der Waals surface area contributed by atoms with Crippen LogP contribution < -0.4 is 20.6 Å². The molecule has 3 N–H and O–H groups in total. The Labute approximate surface area is 134 Å². The van der Waals surface area contributed by atoms with Crippen molar-refractivity contribution in [1.29, 1.82) is 0 Å². The minimum absolute atomic E-state index is 0.117. The van der Waals surface area contributed by atoms with Gasteiger partial charge in [-0.3, -0.25) is 5.43 Å². The zero-order valence-electron chi connectivity index (χ0n) is 12.2. The van der Waals surface area contributed by atoms with Gasteiger partial charge in [0, 0.05) is 5.56 Å². The minimum Gasteiger partial charge on any atom is -0.497 e. The van der Waals surface area contributed by atoms with Crippen LogP contribution in [0.3, 0.4) is 0 Å². The fourth-order valence-corrected chi connectivity index (χ4v) is 1.86. The molecule has 0 heterocycles. The molecule has 0 amide bonds. The van der Waals surface area contributed by atoms with E-state index in [0.29, 0.717) is 6.61 Å². The van der Waals surface area contributed by atoms with E-state index in [2.05, 4.69) is 10.5 Å². The number of thiocarbonyl (C=S) groups is 1. The minimum atomic E-state index is 0.117. The van der Waals surface area contributed by atoms with Crippen LogP contribution in [0.1, 0.15) is 11.1 Å². The number of nitrogens with zero attached hydrogens (tertiary/aromatic N) is 1. The summed E-state index contributed by atoms with van der Waals surface area (Å²) in [5.74, 6) is 1.52. The molecule has 0 saturated heterocycles. The van der Waals surface area contributed by atoms with E-state index >= 15 is 0 Å². The maximum Gasteiger partial charge on any atom is 0.184 e. The van der Waals surface area contributed by atoms with Crippen molar-refractivity contribution in [1.82, 2.24) is 5.43 Å². The second-order valence-corrected chi connectivity index (χ2v) is 4.85. The Bertz CT molecular complexity index is 674. The van der Waals surface area contributed by atoms with E-state index in [1.165, 1.54) is 0 Å². The van der Waals surface area contributed by atoms with Crippen LogP contribution in [-0.2, 0) is 6.61 Å². The van der Waals surface area contributed by atoms with Crippen LogP contribution in [0, 0.1) is 0 Å². The maximum atomic E-state index is 5.84. The molecule has 0 saturated carbocycles. The van der Waals surface area contributed by atoms with E-state index in [1.54, 1.807) is 13.3 Å². The van der Waals surface area contributed by atoms with Crippen LogP contribution in [0.25, 0.3) is 0 Å². The number of benzene rings is 2. The number of para-hydroxylation sites is 1. The second-order valence-electron chi connectivity index (χ2n) is 4.41. The molecule has 2 aromatic rings. The summed E-state index contributed by atoms with van der Waals surface area (Å²) in [5, 5.41) is 4.06. The molecular formula is C16H17N3O2S. The van der Waals surface area contributed by atoms with Crippen LogP contribution in [0.5, 0.6) is 11.5 Å². The van der Waals surface area contributed by atoms with Gasteiger partial charge in [-0.25, -0.2) is 0 Å². The summed E-state index contributed by atoms with van der Waals surface area (Å²) in [6.07, 6.45) is 1.61. The maximum absolute atomic E-state index is 5.84. The van der Waals surface area contributed by atoms with Crippen molar-refractivity contribution in [3.05, 3.63) is 59.7 Å². The van der Waals surface area contributed by atoms with E-state index in [-0.39, 0.29) is 5.11 Å². The van der Waals surface area contributed by atoms with E-state index in [4.69, 9.17) is 27.4 Å². The molecule has 0 aliphatic rings.